The topological polar surface area (TPSA) is 26.0 Å². The third-order valence-electron chi connectivity index (χ3n) is 3.55. The maximum Gasteiger partial charge on any atom is 0.195 e. The summed E-state index contributed by atoms with van der Waals surface area (Å²) in [5.41, 5.74) is 6.81. The fourth-order valence-corrected chi connectivity index (χ4v) is 2.39. The maximum atomic E-state index is 14.1. The van der Waals surface area contributed by atoms with E-state index in [0.717, 1.165) is 6.07 Å². The number of hydrogen-bond donors (Lipinski definition) is 1. The molecule has 112 valence electrons. The van der Waals surface area contributed by atoms with Crippen LogP contribution in [0, 0.1) is 23.3 Å². The van der Waals surface area contributed by atoms with Crippen molar-refractivity contribution in [3.8, 4) is 11.1 Å². The van der Waals surface area contributed by atoms with E-state index in [2.05, 4.69) is 0 Å². The number of rotatable bonds is 2. The monoisotopic (exact) mass is 305 g/mol. The second kappa shape index (κ2) is 5.42. The summed E-state index contributed by atoms with van der Waals surface area (Å²) >= 11 is 0. The Hall–Kier alpha value is -2.40. The Morgan fingerprint density at radius 3 is 2.23 bits per heavy atom. The Labute approximate surface area is 124 Å². The molecule has 0 amide bonds. The molecule has 0 radical (unpaired) electrons. The van der Waals surface area contributed by atoms with Gasteiger partial charge in [0.15, 0.2) is 17.5 Å². The highest BCUT2D eigenvalue weighted by molar-refractivity contribution is 5.88. The van der Waals surface area contributed by atoms with Crippen LogP contribution >= 0.6 is 0 Å². The SMILES string of the molecule is NCc1ccc(-c2ccc3c(F)c(F)c(F)cc3c2)c(F)c1. The molecule has 0 aliphatic rings. The Kier molecular flexibility index (Phi) is 3.58. The van der Waals surface area contributed by atoms with Crippen molar-refractivity contribution in [2.75, 3.05) is 0 Å². The first-order chi connectivity index (χ1) is 10.5. The summed E-state index contributed by atoms with van der Waals surface area (Å²) in [7, 11) is 0. The van der Waals surface area contributed by atoms with Crippen LogP contribution in [-0.4, -0.2) is 0 Å². The Balaban J connectivity index is 2.19. The average molecular weight is 305 g/mol. The summed E-state index contributed by atoms with van der Waals surface area (Å²) in [5.74, 6) is -4.52. The van der Waals surface area contributed by atoms with E-state index in [4.69, 9.17) is 5.73 Å². The highest BCUT2D eigenvalue weighted by atomic mass is 19.2. The van der Waals surface area contributed by atoms with Crippen LogP contribution in [0.15, 0.2) is 42.5 Å². The van der Waals surface area contributed by atoms with Gasteiger partial charge in [0.25, 0.3) is 0 Å². The van der Waals surface area contributed by atoms with Crippen LogP contribution in [0.4, 0.5) is 17.6 Å². The summed E-state index contributed by atoms with van der Waals surface area (Å²) in [5, 5.41) is 0.109. The normalized spacial score (nSPS) is 11.1. The molecular formula is C17H11F4N. The zero-order valence-electron chi connectivity index (χ0n) is 11.3. The predicted molar refractivity (Wildman–Crippen MR) is 77.1 cm³/mol. The largest absolute Gasteiger partial charge is 0.326 e. The second-order valence-corrected chi connectivity index (χ2v) is 4.94. The van der Waals surface area contributed by atoms with Gasteiger partial charge in [-0.25, -0.2) is 17.6 Å². The highest BCUT2D eigenvalue weighted by Crippen LogP contribution is 2.30. The van der Waals surface area contributed by atoms with Crippen molar-refractivity contribution >= 4 is 10.8 Å². The number of halogens is 4. The number of benzene rings is 3. The van der Waals surface area contributed by atoms with E-state index in [0.29, 0.717) is 11.1 Å². The van der Waals surface area contributed by atoms with Crippen molar-refractivity contribution < 1.29 is 17.6 Å². The molecule has 3 rings (SSSR count). The van der Waals surface area contributed by atoms with Gasteiger partial charge in [-0.1, -0.05) is 24.3 Å². The van der Waals surface area contributed by atoms with Crippen LogP contribution in [0.5, 0.6) is 0 Å². The number of fused-ring (bicyclic) bond motifs is 1. The first-order valence-corrected chi connectivity index (χ1v) is 6.57. The third kappa shape index (κ3) is 2.33. The van der Waals surface area contributed by atoms with Gasteiger partial charge in [0, 0.05) is 17.5 Å². The molecule has 3 aromatic carbocycles. The molecule has 2 N–H and O–H groups in total. The van der Waals surface area contributed by atoms with E-state index in [1.165, 1.54) is 24.3 Å². The van der Waals surface area contributed by atoms with Crippen molar-refractivity contribution in [3.63, 3.8) is 0 Å². The van der Waals surface area contributed by atoms with Crippen LogP contribution < -0.4 is 5.73 Å². The Morgan fingerprint density at radius 2 is 1.55 bits per heavy atom. The lowest BCUT2D eigenvalue weighted by Gasteiger charge is -2.08. The van der Waals surface area contributed by atoms with Gasteiger partial charge in [0.2, 0.25) is 0 Å². The molecule has 3 aromatic rings. The van der Waals surface area contributed by atoms with Gasteiger partial charge >= 0.3 is 0 Å². The molecular weight excluding hydrogens is 294 g/mol. The minimum Gasteiger partial charge on any atom is -0.326 e. The fraction of sp³-hybridized carbons (Fsp3) is 0.0588. The number of hydrogen-bond acceptors (Lipinski definition) is 1. The molecule has 1 nitrogen and oxygen atoms in total. The zero-order chi connectivity index (χ0) is 15.9. The molecule has 0 heterocycles. The summed E-state index contributed by atoms with van der Waals surface area (Å²) < 4.78 is 54.3. The van der Waals surface area contributed by atoms with Gasteiger partial charge in [0.1, 0.15) is 5.82 Å². The molecule has 0 saturated carbocycles. The molecule has 0 aromatic heterocycles. The van der Waals surface area contributed by atoms with Crippen molar-refractivity contribution in [1.29, 1.82) is 0 Å². The van der Waals surface area contributed by atoms with Gasteiger partial charge in [0.05, 0.1) is 0 Å². The van der Waals surface area contributed by atoms with Crippen LogP contribution in [0.3, 0.4) is 0 Å². The van der Waals surface area contributed by atoms with Crippen molar-refractivity contribution in [2.24, 2.45) is 5.73 Å². The predicted octanol–water partition coefficient (Wildman–Crippen LogP) is 4.52. The van der Waals surface area contributed by atoms with Crippen LogP contribution in [0.2, 0.25) is 0 Å². The summed E-state index contributed by atoms with van der Waals surface area (Å²) in [4.78, 5) is 0. The van der Waals surface area contributed by atoms with Crippen molar-refractivity contribution in [3.05, 3.63) is 71.3 Å². The van der Waals surface area contributed by atoms with Gasteiger partial charge in [-0.2, -0.15) is 0 Å². The lowest BCUT2D eigenvalue weighted by atomic mass is 9.99. The van der Waals surface area contributed by atoms with Crippen molar-refractivity contribution in [1.82, 2.24) is 0 Å². The Morgan fingerprint density at radius 1 is 0.773 bits per heavy atom. The van der Waals surface area contributed by atoms with Crippen LogP contribution in [-0.2, 0) is 6.54 Å². The van der Waals surface area contributed by atoms with Crippen LogP contribution in [0.1, 0.15) is 5.56 Å². The molecule has 0 unspecified atom stereocenters. The lowest BCUT2D eigenvalue weighted by molar-refractivity contribution is 0.453. The zero-order valence-corrected chi connectivity index (χ0v) is 11.3. The maximum absolute atomic E-state index is 14.1. The minimum atomic E-state index is -1.52. The number of nitrogens with two attached hydrogens (primary N) is 1. The standard InChI is InChI=1S/C17H11F4N/c18-14-5-9(8-22)1-3-12(14)10-2-4-13-11(6-10)7-15(19)17(21)16(13)20/h1-7H,8,22H2. The molecule has 0 aliphatic carbocycles. The van der Waals surface area contributed by atoms with Gasteiger partial charge < -0.3 is 5.73 Å². The lowest BCUT2D eigenvalue weighted by Crippen LogP contribution is -1.97. The molecule has 0 fully saturated rings. The molecule has 0 saturated heterocycles. The quantitative estimate of drug-likeness (QED) is 0.546. The first kappa shape index (κ1) is 14.5. The molecule has 0 bridgehead atoms. The second-order valence-electron chi connectivity index (χ2n) is 4.94. The van der Waals surface area contributed by atoms with E-state index < -0.39 is 23.3 Å². The molecule has 0 aliphatic heterocycles. The summed E-state index contributed by atoms with van der Waals surface area (Å²) in [6, 6.07) is 9.61. The van der Waals surface area contributed by atoms with Gasteiger partial charge in [-0.3, -0.25) is 0 Å². The average Bonchev–Trinajstić information content (AvgIpc) is 2.52. The van der Waals surface area contributed by atoms with E-state index >= 15 is 0 Å². The molecule has 22 heavy (non-hydrogen) atoms. The molecule has 5 heteroatoms. The van der Waals surface area contributed by atoms with Crippen molar-refractivity contribution in [2.45, 2.75) is 6.54 Å². The third-order valence-corrected chi connectivity index (χ3v) is 3.55. The summed E-state index contributed by atoms with van der Waals surface area (Å²) in [6.07, 6.45) is 0. The highest BCUT2D eigenvalue weighted by Gasteiger charge is 2.14. The van der Waals surface area contributed by atoms with Gasteiger partial charge in [-0.15, -0.1) is 0 Å². The fourth-order valence-electron chi connectivity index (χ4n) is 2.39. The van der Waals surface area contributed by atoms with E-state index in [9.17, 15) is 17.6 Å². The Bertz CT molecular complexity index is 874. The van der Waals surface area contributed by atoms with E-state index in [1.54, 1.807) is 12.1 Å². The van der Waals surface area contributed by atoms with E-state index in [1.807, 2.05) is 0 Å². The van der Waals surface area contributed by atoms with Gasteiger partial charge in [-0.05, 0) is 34.7 Å². The molecule has 0 atom stereocenters. The van der Waals surface area contributed by atoms with E-state index in [-0.39, 0.29) is 22.9 Å². The minimum absolute atomic E-state index is 0.0540. The smallest absolute Gasteiger partial charge is 0.195 e. The van der Waals surface area contributed by atoms with Crippen LogP contribution in [0.25, 0.3) is 21.9 Å². The summed E-state index contributed by atoms with van der Waals surface area (Å²) in [6.45, 7) is 0.213. The molecule has 0 spiro atoms. The first-order valence-electron chi connectivity index (χ1n) is 6.57.